The molecular weight excluding hydrogens is 401 g/mol. The Hall–Kier alpha value is -2.77. The molecule has 1 aliphatic heterocycles. The van der Waals surface area contributed by atoms with Crippen molar-refractivity contribution in [3.05, 3.63) is 63.7 Å². The fourth-order valence-electron chi connectivity index (χ4n) is 3.81. The van der Waals surface area contributed by atoms with Crippen molar-refractivity contribution >= 4 is 22.9 Å². The second-order valence-corrected chi connectivity index (χ2v) is 8.59. The van der Waals surface area contributed by atoms with Crippen LogP contribution >= 0.6 is 11.3 Å². The number of carbonyl (C=O) groups is 1. The van der Waals surface area contributed by atoms with Gasteiger partial charge in [0.2, 0.25) is 5.91 Å². The molecule has 0 radical (unpaired) electrons. The van der Waals surface area contributed by atoms with E-state index in [0.717, 1.165) is 33.9 Å². The lowest BCUT2D eigenvalue weighted by atomic mass is 10.1. The van der Waals surface area contributed by atoms with E-state index in [-0.39, 0.29) is 18.2 Å². The molecule has 2 heterocycles. The van der Waals surface area contributed by atoms with E-state index < -0.39 is 5.82 Å². The molecule has 1 aliphatic rings. The molecular formula is C23H24FN3O2S. The molecule has 30 heavy (non-hydrogen) atoms. The SMILES string of the molecule is COc1ccc(CN(C)CC(=O)N2CCc3cc(-c4csc(C)n4)ccc32)cc1F. The summed E-state index contributed by atoms with van der Waals surface area (Å²) in [4.78, 5) is 21.2. The van der Waals surface area contributed by atoms with Crippen LogP contribution in [0.4, 0.5) is 10.1 Å². The second-order valence-electron chi connectivity index (χ2n) is 7.53. The van der Waals surface area contributed by atoms with Crippen LogP contribution in [0.3, 0.4) is 0 Å². The van der Waals surface area contributed by atoms with E-state index in [9.17, 15) is 9.18 Å². The van der Waals surface area contributed by atoms with Crippen LogP contribution in [0, 0.1) is 12.7 Å². The van der Waals surface area contributed by atoms with Gasteiger partial charge in [0.1, 0.15) is 0 Å². The van der Waals surface area contributed by atoms with E-state index in [1.54, 1.807) is 17.4 Å². The average molecular weight is 426 g/mol. The number of ether oxygens (including phenoxy) is 1. The molecule has 0 N–H and O–H groups in total. The topological polar surface area (TPSA) is 45.7 Å². The molecule has 4 rings (SSSR count). The minimum absolute atomic E-state index is 0.0440. The van der Waals surface area contributed by atoms with Gasteiger partial charge in [0.15, 0.2) is 11.6 Å². The largest absolute Gasteiger partial charge is 0.494 e. The molecule has 1 aromatic heterocycles. The van der Waals surface area contributed by atoms with Crippen LogP contribution in [0.25, 0.3) is 11.3 Å². The second kappa shape index (κ2) is 8.53. The number of nitrogens with zero attached hydrogens (tertiary/aromatic N) is 3. The van der Waals surface area contributed by atoms with Crippen molar-refractivity contribution in [3.8, 4) is 17.0 Å². The molecule has 1 amide bonds. The van der Waals surface area contributed by atoms with Crippen LogP contribution in [-0.4, -0.2) is 43.0 Å². The van der Waals surface area contributed by atoms with Crippen LogP contribution in [0.2, 0.25) is 0 Å². The van der Waals surface area contributed by atoms with Crippen LogP contribution in [0.5, 0.6) is 5.75 Å². The number of fused-ring (bicyclic) bond motifs is 1. The fraction of sp³-hybridized carbons (Fsp3) is 0.304. The van der Waals surface area contributed by atoms with Crippen molar-refractivity contribution < 1.29 is 13.9 Å². The maximum atomic E-state index is 13.9. The molecule has 0 fully saturated rings. The first kappa shape index (κ1) is 20.5. The van der Waals surface area contributed by atoms with Crippen molar-refractivity contribution in [2.45, 2.75) is 19.9 Å². The van der Waals surface area contributed by atoms with Crippen molar-refractivity contribution in [1.29, 1.82) is 0 Å². The van der Waals surface area contributed by atoms with Gasteiger partial charge in [-0.15, -0.1) is 11.3 Å². The summed E-state index contributed by atoms with van der Waals surface area (Å²) < 4.78 is 18.9. The van der Waals surface area contributed by atoms with Gasteiger partial charge in [-0.1, -0.05) is 12.1 Å². The van der Waals surface area contributed by atoms with Gasteiger partial charge in [0, 0.05) is 29.7 Å². The van der Waals surface area contributed by atoms with Crippen molar-refractivity contribution in [2.24, 2.45) is 0 Å². The smallest absolute Gasteiger partial charge is 0.241 e. The number of methoxy groups -OCH3 is 1. The summed E-state index contributed by atoms with van der Waals surface area (Å²) in [5.74, 6) is -0.130. The summed E-state index contributed by atoms with van der Waals surface area (Å²) in [5.41, 5.74) is 5.02. The predicted octanol–water partition coefficient (Wildman–Crippen LogP) is 4.29. The summed E-state index contributed by atoms with van der Waals surface area (Å²) in [5, 5.41) is 3.10. The molecule has 7 heteroatoms. The summed E-state index contributed by atoms with van der Waals surface area (Å²) in [7, 11) is 3.31. The number of hydrogen-bond donors (Lipinski definition) is 0. The van der Waals surface area contributed by atoms with Gasteiger partial charge in [-0.3, -0.25) is 9.69 Å². The van der Waals surface area contributed by atoms with Crippen LogP contribution in [0.1, 0.15) is 16.1 Å². The van der Waals surface area contributed by atoms with E-state index in [2.05, 4.69) is 16.4 Å². The number of likely N-dealkylation sites (N-methyl/N-ethyl adjacent to an activating group) is 1. The molecule has 0 saturated heterocycles. The molecule has 0 aliphatic carbocycles. The van der Waals surface area contributed by atoms with Crippen LogP contribution < -0.4 is 9.64 Å². The van der Waals surface area contributed by atoms with Crippen molar-refractivity contribution in [1.82, 2.24) is 9.88 Å². The number of anilines is 1. The quantitative estimate of drug-likeness (QED) is 0.591. The maximum absolute atomic E-state index is 13.9. The zero-order valence-corrected chi connectivity index (χ0v) is 18.1. The number of rotatable bonds is 6. The van der Waals surface area contributed by atoms with Gasteiger partial charge in [0.05, 0.1) is 24.4 Å². The van der Waals surface area contributed by atoms with Gasteiger partial charge in [-0.05, 0) is 55.8 Å². The first-order chi connectivity index (χ1) is 14.4. The number of halogens is 1. The highest BCUT2D eigenvalue weighted by atomic mass is 32.1. The van der Waals surface area contributed by atoms with E-state index in [0.29, 0.717) is 13.1 Å². The van der Waals surface area contributed by atoms with E-state index in [4.69, 9.17) is 4.74 Å². The first-order valence-electron chi connectivity index (χ1n) is 9.81. The number of aryl methyl sites for hydroxylation is 1. The highest BCUT2D eigenvalue weighted by Crippen LogP contribution is 2.33. The summed E-state index contributed by atoms with van der Waals surface area (Å²) in [6.07, 6.45) is 0.839. The monoisotopic (exact) mass is 425 g/mol. The van der Waals surface area contributed by atoms with E-state index in [1.165, 1.54) is 18.7 Å². The first-order valence-corrected chi connectivity index (χ1v) is 10.7. The number of benzene rings is 2. The Morgan fingerprint density at radius 1 is 1.30 bits per heavy atom. The number of aromatic nitrogens is 1. The molecule has 0 saturated carbocycles. The molecule has 3 aromatic rings. The zero-order valence-electron chi connectivity index (χ0n) is 17.3. The standard InChI is InChI=1S/C23H24FN3O2S/c1-15-25-20(14-30-15)17-5-6-21-18(11-17)8-9-27(21)23(28)13-26(2)12-16-4-7-22(29-3)19(24)10-16/h4-7,10-11,14H,8-9,12-13H2,1-3H3. The minimum atomic E-state index is -0.394. The molecule has 0 unspecified atom stereocenters. The van der Waals surface area contributed by atoms with Crippen molar-refractivity contribution in [3.63, 3.8) is 0 Å². The Balaban J connectivity index is 1.42. The number of hydrogen-bond acceptors (Lipinski definition) is 5. The summed E-state index contributed by atoms with van der Waals surface area (Å²) in [6.45, 7) is 3.42. The maximum Gasteiger partial charge on any atom is 0.241 e. The highest BCUT2D eigenvalue weighted by Gasteiger charge is 2.25. The Bertz CT molecular complexity index is 1080. The van der Waals surface area contributed by atoms with Gasteiger partial charge in [-0.25, -0.2) is 9.37 Å². The summed E-state index contributed by atoms with van der Waals surface area (Å²) >= 11 is 1.64. The Kier molecular flexibility index (Phi) is 5.83. The molecule has 2 aromatic carbocycles. The number of amides is 1. The van der Waals surface area contributed by atoms with E-state index in [1.807, 2.05) is 42.0 Å². The van der Waals surface area contributed by atoms with Crippen molar-refractivity contribution in [2.75, 3.05) is 32.1 Å². The van der Waals surface area contributed by atoms with E-state index >= 15 is 0 Å². The minimum Gasteiger partial charge on any atom is -0.494 e. The summed E-state index contributed by atoms with van der Waals surface area (Å²) in [6, 6.07) is 11.1. The normalized spacial score (nSPS) is 13.0. The Morgan fingerprint density at radius 3 is 2.83 bits per heavy atom. The molecule has 156 valence electrons. The van der Waals surface area contributed by atoms with Crippen LogP contribution in [0.15, 0.2) is 41.8 Å². The fourth-order valence-corrected chi connectivity index (χ4v) is 4.43. The average Bonchev–Trinajstić information content (AvgIpc) is 3.33. The third kappa shape index (κ3) is 4.22. The lowest BCUT2D eigenvalue weighted by Crippen LogP contribution is -2.37. The molecule has 0 spiro atoms. The molecule has 5 nitrogen and oxygen atoms in total. The third-order valence-corrected chi connectivity index (χ3v) is 6.04. The Morgan fingerprint density at radius 2 is 2.13 bits per heavy atom. The number of thiazole rings is 1. The lowest BCUT2D eigenvalue weighted by molar-refractivity contribution is -0.119. The van der Waals surface area contributed by atoms with Gasteiger partial charge < -0.3 is 9.64 Å². The van der Waals surface area contributed by atoms with Gasteiger partial charge in [0.25, 0.3) is 0 Å². The van der Waals surface area contributed by atoms with Crippen LogP contribution in [-0.2, 0) is 17.8 Å². The Labute approximate surface area is 179 Å². The predicted molar refractivity (Wildman–Crippen MR) is 118 cm³/mol. The van der Waals surface area contributed by atoms with Gasteiger partial charge >= 0.3 is 0 Å². The molecule has 0 bridgehead atoms. The highest BCUT2D eigenvalue weighted by molar-refractivity contribution is 7.09. The molecule has 0 atom stereocenters. The van der Waals surface area contributed by atoms with Gasteiger partial charge in [-0.2, -0.15) is 0 Å². The number of carbonyl (C=O) groups excluding carboxylic acids is 1. The zero-order chi connectivity index (χ0) is 21.3. The third-order valence-electron chi connectivity index (χ3n) is 5.26. The lowest BCUT2D eigenvalue weighted by Gasteiger charge is -2.22.